The number of hydrogen-bond acceptors (Lipinski definition) is 5. The van der Waals surface area contributed by atoms with Gasteiger partial charge in [-0.25, -0.2) is 4.79 Å². The summed E-state index contributed by atoms with van der Waals surface area (Å²) in [6.07, 6.45) is 7.11. The van der Waals surface area contributed by atoms with Gasteiger partial charge in [0.25, 0.3) is 5.91 Å². The highest BCUT2D eigenvalue weighted by Gasteiger charge is 2.23. The van der Waals surface area contributed by atoms with Gasteiger partial charge in [-0.05, 0) is 54.8 Å². The van der Waals surface area contributed by atoms with Crippen molar-refractivity contribution in [1.82, 2.24) is 20.2 Å². The van der Waals surface area contributed by atoms with Gasteiger partial charge in [0.05, 0.1) is 18.3 Å². The van der Waals surface area contributed by atoms with E-state index in [1.54, 1.807) is 47.8 Å². The Morgan fingerprint density at radius 2 is 2.03 bits per heavy atom. The Bertz CT molecular complexity index is 1060. The Labute approximate surface area is 193 Å². The van der Waals surface area contributed by atoms with Crippen LogP contribution in [0.4, 0.5) is 10.5 Å². The zero-order valence-corrected chi connectivity index (χ0v) is 18.3. The van der Waals surface area contributed by atoms with Gasteiger partial charge in [0.1, 0.15) is 0 Å². The minimum absolute atomic E-state index is 0.0242. The van der Waals surface area contributed by atoms with Crippen LogP contribution in [0, 0.1) is 0 Å². The highest BCUT2D eigenvalue weighted by molar-refractivity contribution is 5.96. The third-order valence-corrected chi connectivity index (χ3v) is 5.36. The van der Waals surface area contributed by atoms with E-state index >= 15 is 0 Å². The van der Waals surface area contributed by atoms with Crippen LogP contribution in [0.5, 0.6) is 0 Å². The molecule has 1 aromatic carbocycles. The van der Waals surface area contributed by atoms with Crippen LogP contribution in [-0.2, 0) is 17.8 Å². The first-order valence-corrected chi connectivity index (χ1v) is 11.0. The maximum Gasteiger partial charge on any atom is 0.322 e. The minimum atomic E-state index is -0.250. The molecule has 0 aliphatic carbocycles. The highest BCUT2D eigenvalue weighted by atomic mass is 16.5. The molecule has 3 amide bonds. The standard InChI is InChI=1S/C25H27N5O3/c31-24(28-16-22-8-1-2-12-27-22)20-7-3-9-21(14-20)29-25(32)30(18-23-10-5-13-33-23)17-19-6-4-11-26-15-19/h1-4,6-9,11-12,14-15,23H,5,10,13,16-18H2,(H,28,31)(H,29,32)/t23-/m0/s1. The van der Waals surface area contributed by atoms with Gasteiger partial charge in [0.15, 0.2) is 0 Å². The van der Waals surface area contributed by atoms with Crippen molar-refractivity contribution >= 4 is 17.6 Å². The first kappa shape index (κ1) is 22.4. The summed E-state index contributed by atoms with van der Waals surface area (Å²) in [5.41, 5.74) is 2.72. The monoisotopic (exact) mass is 445 g/mol. The first-order chi connectivity index (χ1) is 16.2. The van der Waals surface area contributed by atoms with Crippen molar-refractivity contribution in [3.8, 4) is 0 Å². The molecule has 0 saturated carbocycles. The quantitative estimate of drug-likeness (QED) is 0.552. The number of nitrogens with one attached hydrogen (secondary N) is 2. The third kappa shape index (κ3) is 6.60. The number of benzene rings is 1. The molecule has 3 heterocycles. The average Bonchev–Trinajstić information content (AvgIpc) is 3.37. The van der Waals surface area contributed by atoms with Crippen LogP contribution >= 0.6 is 0 Å². The Hall–Kier alpha value is -3.78. The minimum Gasteiger partial charge on any atom is -0.376 e. The van der Waals surface area contributed by atoms with Gasteiger partial charge >= 0.3 is 6.03 Å². The fraction of sp³-hybridized carbons (Fsp3) is 0.280. The van der Waals surface area contributed by atoms with Crippen molar-refractivity contribution in [1.29, 1.82) is 0 Å². The molecule has 1 aliphatic rings. The molecule has 33 heavy (non-hydrogen) atoms. The number of rotatable bonds is 8. The molecular weight excluding hydrogens is 418 g/mol. The number of carbonyl (C=O) groups is 2. The van der Waals surface area contributed by atoms with Crippen molar-refractivity contribution in [3.63, 3.8) is 0 Å². The molecule has 2 N–H and O–H groups in total. The Morgan fingerprint density at radius 3 is 2.79 bits per heavy atom. The van der Waals surface area contributed by atoms with Gasteiger partial charge in [0.2, 0.25) is 0 Å². The van der Waals surface area contributed by atoms with Crippen LogP contribution in [-0.4, -0.2) is 46.1 Å². The second-order valence-electron chi connectivity index (χ2n) is 7.89. The smallest absolute Gasteiger partial charge is 0.322 e. The van der Waals surface area contributed by atoms with E-state index in [1.807, 2.05) is 30.3 Å². The average molecular weight is 446 g/mol. The summed E-state index contributed by atoms with van der Waals surface area (Å²) in [7, 11) is 0. The maximum atomic E-state index is 13.1. The Kier molecular flexibility index (Phi) is 7.60. The largest absolute Gasteiger partial charge is 0.376 e. The second-order valence-corrected chi connectivity index (χ2v) is 7.89. The summed E-state index contributed by atoms with van der Waals surface area (Å²) < 4.78 is 5.74. The summed E-state index contributed by atoms with van der Waals surface area (Å²) >= 11 is 0. The predicted octanol–water partition coefficient (Wildman–Crippen LogP) is 3.62. The van der Waals surface area contributed by atoms with Crippen LogP contribution in [0.15, 0.2) is 73.2 Å². The van der Waals surface area contributed by atoms with Gasteiger partial charge in [-0.15, -0.1) is 0 Å². The molecular formula is C25H27N5O3. The molecule has 1 saturated heterocycles. The van der Waals surface area contributed by atoms with Gasteiger partial charge in [-0.2, -0.15) is 0 Å². The fourth-order valence-corrected chi connectivity index (χ4v) is 3.68. The van der Waals surface area contributed by atoms with Crippen molar-refractivity contribution in [3.05, 3.63) is 90.0 Å². The van der Waals surface area contributed by atoms with E-state index in [2.05, 4.69) is 20.6 Å². The van der Waals surface area contributed by atoms with Crippen molar-refractivity contribution in [2.24, 2.45) is 0 Å². The molecule has 0 unspecified atom stereocenters. The molecule has 4 rings (SSSR count). The molecule has 8 heteroatoms. The van der Waals surface area contributed by atoms with Gasteiger partial charge in [-0.3, -0.25) is 14.8 Å². The summed E-state index contributed by atoms with van der Waals surface area (Å²) in [5, 5.41) is 5.78. The molecule has 8 nitrogen and oxygen atoms in total. The number of hydrogen-bond donors (Lipinski definition) is 2. The van der Waals surface area contributed by atoms with E-state index in [0.717, 1.165) is 30.7 Å². The topological polar surface area (TPSA) is 96.5 Å². The van der Waals surface area contributed by atoms with Gasteiger partial charge in [0, 0.05) is 49.5 Å². The Morgan fingerprint density at radius 1 is 1.09 bits per heavy atom. The summed E-state index contributed by atoms with van der Waals surface area (Å²) in [6, 6.07) is 16.0. The molecule has 2 aromatic heterocycles. The Balaban J connectivity index is 1.40. The van der Waals surface area contributed by atoms with E-state index < -0.39 is 0 Å². The molecule has 0 bridgehead atoms. The van der Waals surface area contributed by atoms with Crippen LogP contribution in [0.2, 0.25) is 0 Å². The van der Waals surface area contributed by atoms with E-state index in [4.69, 9.17) is 4.74 Å². The summed E-state index contributed by atoms with van der Waals surface area (Å²) in [4.78, 5) is 35.8. The fourth-order valence-electron chi connectivity index (χ4n) is 3.68. The lowest BCUT2D eigenvalue weighted by Gasteiger charge is -2.26. The normalized spacial score (nSPS) is 15.1. The van der Waals surface area contributed by atoms with Gasteiger partial charge in [-0.1, -0.05) is 18.2 Å². The molecule has 1 fully saturated rings. The molecule has 0 radical (unpaired) electrons. The van der Waals surface area contributed by atoms with E-state index in [-0.39, 0.29) is 18.0 Å². The van der Waals surface area contributed by atoms with Crippen LogP contribution in [0.1, 0.15) is 34.5 Å². The van der Waals surface area contributed by atoms with Gasteiger partial charge < -0.3 is 20.3 Å². The number of urea groups is 1. The van der Waals surface area contributed by atoms with Crippen molar-refractivity contribution in [2.75, 3.05) is 18.5 Å². The molecule has 1 aliphatic heterocycles. The maximum absolute atomic E-state index is 13.1. The molecule has 3 aromatic rings. The van der Waals surface area contributed by atoms with Crippen molar-refractivity contribution < 1.29 is 14.3 Å². The first-order valence-electron chi connectivity index (χ1n) is 11.0. The second kappa shape index (κ2) is 11.2. The number of nitrogens with zero attached hydrogens (tertiary/aromatic N) is 3. The van der Waals surface area contributed by atoms with E-state index in [9.17, 15) is 9.59 Å². The third-order valence-electron chi connectivity index (χ3n) is 5.36. The number of pyridine rings is 2. The molecule has 170 valence electrons. The van der Waals surface area contributed by atoms with Crippen molar-refractivity contribution in [2.45, 2.75) is 32.0 Å². The number of anilines is 1. The number of ether oxygens (including phenoxy) is 1. The molecule has 1 atom stereocenters. The van der Waals surface area contributed by atoms with Crippen LogP contribution < -0.4 is 10.6 Å². The number of carbonyl (C=O) groups excluding carboxylic acids is 2. The lowest BCUT2D eigenvalue weighted by molar-refractivity contribution is 0.0819. The highest BCUT2D eigenvalue weighted by Crippen LogP contribution is 2.17. The zero-order chi connectivity index (χ0) is 22.9. The molecule has 0 spiro atoms. The van der Waals surface area contributed by atoms with E-state index in [1.165, 1.54) is 0 Å². The summed E-state index contributed by atoms with van der Waals surface area (Å²) in [5.74, 6) is -0.233. The lowest BCUT2D eigenvalue weighted by atomic mass is 10.2. The number of amides is 3. The number of aromatic nitrogens is 2. The SMILES string of the molecule is O=C(NCc1ccccn1)c1cccc(NC(=O)N(Cc2cccnc2)C[C@@H]2CCCO2)c1. The van der Waals surface area contributed by atoms with Crippen LogP contribution in [0.3, 0.4) is 0 Å². The zero-order valence-electron chi connectivity index (χ0n) is 18.3. The van der Waals surface area contributed by atoms with E-state index in [0.29, 0.717) is 30.9 Å². The summed E-state index contributed by atoms with van der Waals surface area (Å²) in [6.45, 7) is 1.97. The predicted molar refractivity (Wildman–Crippen MR) is 124 cm³/mol. The lowest BCUT2D eigenvalue weighted by Crippen LogP contribution is -2.39. The van der Waals surface area contributed by atoms with Crippen LogP contribution in [0.25, 0.3) is 0 Å².